The molecule has 3 heteroatoms. The maximum Gasteiger partial charge on any atom is 0.324 e. The summed E-state index contributed by atoms with van der Waals surface area (Å²) in [6, 6.07) is 7.72. The van der Waals surface area contributed by atoms with Gasteiger partial charge in [0.2, 0.25) is 0 Å². The maximum atomic E-state index is 11.2. The van der Waals surface area contributed by atoms with Gasteiger partial charge in [-0.3, -0.25) is 4.79 Å². The minimum atomic E-state index is -0.362. The number of esters is 1. The zero-order valence-corrected chi connectivity index (χ0v) is 9.17. The van der Waals surface area contributed by atoms with Crippen LogP contribution < -0.4 is 0 Å². The van der Waals surface area contributed by atoms with Crippen molar-refractivity contribution >= 4 is 21.9 Å². The van der Waals surface area contributed by atoms with E-state index in [2.05, 4.69) is 20.7 Å². The topological polar surface area (TPSA) is 26.3 Å². The average Bonchev–Trinajstić information content (AvgIpc) is 2.16. The van der Waals surface area contributed by atoms with Crippen molar-refractivity contribution in [1.82, 2.24) is 0 Å². The molecule has 0 saturated heterocycles. The quantitative estimate of drug-likeness (QED) is 0.589. The Morgan fingerprint density at radius 2 is 2.08 bits per heavy atom. The Morgan fingerprint density at radius 1 is 1.46 bits per heavy atom. The molecule has 13 heavy (non-hydrogen) atoms. The Morgan fingerprint density at radius 3 is 2.62 bits per heavy atom. The second kappa shape index (κ2) is 4.42. The van der Waals surface area contributed by atoms with Crippen LogP contribution in [-0.2, 0) is 9.53 Å². The van der Waals surface area contributed by atoms with E-state index in [-0.39, 0.29) is 10.8 Å². The molecule has 0 saturated carbocycles. The highest BCUT2D eigenvalue weighted by atomic mass is 79.9. The van der Waals surface area contributed by atoms with Crippen LogP contribution in [0.25, 0.3) is 0 Å². The van der Waals surface area contributed by atoms with Gasteiger partial charge in [-0.25, -0.2) is 0 Å². The molecule has 1 unspecified atom stereocenters. The molecule has 70 valence electrons. The minimum Gasteiger partial charge on any atom is -0.468 e. The third kappa shape index (κ3) is 2.31. The number of ether oxygens (including phenoxy) is 1. The van der Waals surface area contributed by atoms with E-state index in [0.29, 0.717) is 0 Å². The first-order valence-electron chi connectivity index (χ1n) is 3.94. The van der Waals surface area contributed by atoms with Crippen LogP contribution in [-0.4, -0.2) is 13.1 Å². The Bertz CT molecular complexity index is 310. The standard InChI is InChI=1S/C10H11BrO2/c1-7-5-3-4-6-8(7)9(11)10(12)13-2/h3-6,9H,1-2H3. The summed E-state index contributed by atoms with van der Waals surface area (Å²) in [5.74, 6) is -0.269. The van der Waals surface area contributed by atoms with E-state index < -0.39 is 0 Å². The van der Waals surface area contributed by atoms with Crippen molar-refractivity contribution in [2.75, 3.05) is 7.11 Å². The molecule has 1 atom stereocenters. The molecule has 0 radical (unpaired) electrons. The van der Waals surface area contributed by atoms with Crippen molar-refractivity contribution in [1.29, 1.82) is 0 Å². The molecule has 1 aromatic carbocycles. The second-order valence-electron chi connectivity index (χ2n) is 2.74. The van der Waals surface area contributed by atoms with Crippen molar-refractivity contribution in [2.45, 2.75) is 11.8 Å². The molecule has 0 aliphatic heterocycles. The lowest BCUT2D eigenvalue weighted by Gasteiger charge is -2.09. The molecule has 0 heterocycles. The number of benzene rings is 1. The lowest BCUT2D eigenvalue weighted by atomic mass is 10.1. The molecule has 0 N–H and O–H groups in total. The SMILES string of the molecule is COC(=O)C(Br)c1ccccc1C. The maximum absolute atomic E-state index is 11.2. The van der Waals surface area contributed by atoms with E-state index in [0.717, 1.165) is 11.1 Å². The highest BCUT2D eigenvalue weighted by molar-refractivity contribution is 9.09. The highest BCUT2D eigenvalue weighted by Crippen LogP contribution is 2.26. The Kier molecular flexibility index (Phi) is 3.48. The van der Waals surface area contributed by atoms with Gasteiger partial charge < -0.3 is 4.74 Å². The molecule has 1 aromatic rings. The monoisotopic (exact) mass is 242 g/mol. The summed E-state index contributed by atoms with van der Waals surface area (Å²) in [5.41, 5.74) is 2.03. The molecule has 0 bridgehead atoms. The van der Waals surface area contributed by atoms with E-state index in [9.17, 15) is 4.79 Å². The molecule has 0 spiro atoms. The zero-order valence-electron chi connectivity index (χ0n) is 7.58. The number of methoxy groups -OCH3 is 1. The summed E-state index contributed by atoms with van der Waals surface area (Å²) in [6.07, 6.45) is 0. The Labute approximate surface area is 86.0 Å². The molecule has 0 aromatic heterocycles. The summed E-state index contributed by atoms with van der Waals surface area (Å²) in [7, 11) is 1.38. The number of carbonyl (C=O) groups excluding carboxylic acids is 1. The van der Waals surface area contributed by atoms with Crippen LogP contribution in [0.3, 0.4) is 0 Å². The van der Waals surface area contributed by atoms with Crippen LogP contribution in [0.15, 0.2) is 24.3 Å². The third-order valence-corrected chi connectivity index (χ3v) is 2.74. The number of hydrogen-bond donors (Lipinski definition) is 0. The van der Waals surface area contributed by atoms with Gasteiger partial charge >= 0.3 is 5.97 Å². The Balaban J connectivity index is 2.95. The number of halogens is 1. The molecule has 0 aliphatic rings. The number of hydrogen-bond acceptors (Lipinski definition) is 2. The lowest BCUT2D eigenvalue weighted by molar-refractivity contribution is -0.139. The summed E-state index contributed by atoms with van der Waals surface area (Å²) in [5, 5.41) is 0. The number of alkyl halides is 1. The van der Waals surface area contributed by atoms with Gasteiger partial charge in [-0.1, -0.05) is 40.2 Å². The van der Waals surface area contributed by atoms with E-state index in [1.165, 1.54) is 7.11 Å². The first-order chi connectivity index (χ1) is 6.16. The minimum absolute atomic E-state index is 0.269. The third-order valence-electron chi connectivity index (χ3n) is 1.87. The summed E-state index contributed by atoms with van der Waals surface area (Å²) >= 11 is 3.29. The Hall–Kier alpha value is -0.830. The van der Waals surface area contributed by atoms with Gasteiger partial charge in [0.15, 0.2) is 0 Å². The van der Waals surface area contributed by atoms with Gasteiger partial charge in [-0.05, 0) is 18.1 Å². The summed E-state index contributed by atoms with van der Waals surface area (Å²) in [6.45, 7) is 1.96. The first-order valence-corrected chi connectivity index (χ1v) is 4.86. The largest absolute Gasteiger partial charge is 0.468 e. The lowest BCUT2D eigenvalue weighted by Crippen LogP contribution is -2.09. The van der Waals surface area contributed by atoms with Gasteiger partial charge in [-0.15, -0.1) is 0 Å². The number of carbonyl (C=O) groups is 1. The fraction of sp³-hybridized carbons (Fsp3) is 0.300. The predicted octanol–water partition coefficient (Wildman–Crippen LogP) is 2.60. The fourth-order valence-electron chi connectivity index (χ4n) is 1.10. The van der Waals surface area contributed by atoms with Gasteiger partial charge in [0, 0.05) is 0 Å². The molecule has 0 fully saturated rings. The number of rotatable bonds is 2. The predicted molar refractivity (Wildman–Crippen MR) is 54.9 cm³/mol. The van der Waals surface area contributed by atoms with E-state index >= 15 is 0 Å². The smallest absolute Gasteiger partial charge is 0.324 e. The van der Waals surface area contributed by atoms with E-state index in [1.54, 1.807) is 0 Å². The summed E-state index contributed by atoms with van der Waals surface area (Å²) < 4.78 is 4.64. The van der Waals surface area contributed by atoms with Crippen LogP contribution in [0.5, 0.6) is 0 Å². The summed E-state index contributed by atoms with van der Waals surface area (Å²) in [4.78, 5) is 10.8. The molecule has 0 aliphatic carbocycles. The second-order valence-corrected chi connectivity index (χ2v) is 3.66. The van der Waals surface area contributed by atoms with Crippen molar-refractivity contribution in [3.05, 3.63) is 35.4 Å². The van der Waals surface area contributed by atoms with E-state index in [1.807, 2.05) is 31.2 Å². The van der Waals surface area contributed by atoms with Crippen LogP contribution in [0.4, 0.5) is 0 Å². The zero-order chi connectivity index (χ0) is 9.84. The van der Waals surface area contributed by atoms with Crippen molar-refractivity contribution < 1.29 is 9.53 Å². The van der Waals surface area contributed by atoms with Gasteiger partial charge in [-0.2, -0.15) is 0 Å². The van der Waals surface area contributed by atoms with Crippen LogP contribution in [0.2, 0.25) is 0 Å². The van der Waals surface area contributed by atoms with Crippen LogP contribution >= 0.6 is 15.9 Å². The van der Waals surface area contributed by atoms with Gasteiger partial charge in [0.1, 0.15) is 4.83 Å². The average molecular weight is 243 g/mol. The molecule has 2 nitrogen and oxygen atoms in total. The van der Waals surface area contributed by atoms with Crippen LogP contribution in [0.1, 0.15) is 16.0 Å². The fourth-order valence-corrected chi connectivity index (χ4v) is 1.80. The van der Waals surface area contributed by atoms with Crippen molar-refractivity contribution in [3.63, 3.8) is 0 Å². The number of aryl methyl sites for hydroxylation is 1. The molecular weight excluding hydrogens is 232 g/mol. The molecule has 1 rings (SSSR count). The van der Waals surface area contributed by atoms with Gasteiger partial charge in [0.25, 0.3) is 0 Å². The van der Waals surface area contributed by atoms with Gasteiger partial charge in [0.05, 0.1) is 7.11 Å². The van der Waals surface area contributed by atoms with E-state index in [4.69, 9.17) is 0 Å². The highest BCUT2D eigenvalue weighted by Gasteiger charge is 2.18. The molecule has 0 amide bonds. The van der Waals surface area contributed by atoms with Crippen molar-refractivity contribution in [3.8, 4) is 0 Å². The first kappa shape index (κ1) is 10.3. The van der Waals surface area contributed by atoms with Crippen LogP contribution in [0, 0.1) is 6.92 Å². The normalized spacial score (nSPS) is 12.2. The molecular formula is C10H11BrO2. The van der Waals surface area contributed by atoms with Crippen molar-refractivity contribution in [2.24, 2.45) is 0 Å².